The number of rotatable bonds is 18. The van der Waals surface area contributed by atoms with Crippen LogP contribution in [0.1, 0.15) is 152 Å². The summed E-state index contributed by atoms with van der Waals surface area (Å²) in [6.45, 7) is 31.2. The van der Waals surface area contributed by atoms with Crippen molar-refractivity contribution in [2.24, 2.45) is 14.1 Å². The number of nitro benzene ring substituents is 1. The molecule has 2 aromatic heterocycles. The number of aromatic amines is 2. The summed E-state index contributed by atoms with van der Waals surface area (Å²) >= 11 is 34.8. The third kappa shape index (κ3) is 23.5. The molecule has 1 aliphatic heterocycles. The molecule has 0 spiro atoms. The first-order valence-electron chi connectivity index (χ1n) is 39.9. The highest BCUT2D eigenvalue weighted by Gasteiger charge is 2.43. The van der Waals surface area contributed by atoms with E-state index in [0.717, 1.165) is 92.2 Å². The molecule has 0 saturated carbocycles. The van der Waals surface area contributed by atoms with Crippen LogP contribution in [0.5, 0.6) is 0 Å². The average molecular weight is 1970 g/mol. The van der Waals surface area contributed by atoms with Gasteiger partial charge in [0.05, 0.1) is 125 Å². The van der Waals surface area contributed by atoms with Crippen LogP contribution >= 0.6 is 78.3 Å². The molecule has 3 N–H and O–H groups in total. The van der Waals surface area contributed by atoms with Crippen molar-refractivity contribution in [3.8, 4) is 44.5 Å². The van der Waals surface area contributed by atoms with E-state index < -0.39 is 121 Å². The number of nitro groups is 1. The van der Waals surface area contributed by atoms with E-state index in [0.29, 0.717) is 64.3 Å². The minimum atomic E-state index is -1.41. The van der Waals surface area contributed by atoms with Crippen molar-refractivity contribution in [2.45, 2.75) is 158 Å². The molecule has 0 radical (unpaired) electrons. The number of nitrogens with zero attached hydrogens (tertiary/aromatic N) is 5. The third-order valence-corrected chi connectivity index (χ3v) is 22.9. The zero-order valence-corrected chi connectivity index (χ0v) is 81.9. The van der Waals surface area contributed by atoms with Crippen LogP contribution in [0.15, 0.2) is 137 Å². The van der Waals surface area contributed by atoms with E-state index in [1.165, 1.54) is 53.2 Å². The predicted octanol–water partition coefficient (Wildman–Crippen LogP) is 18.9. The number of anilines is 3. The van der Waals surface area contributed by atoms with Gasteiger partial charge < -0.3 is 72.0 Å². The number of amides is 1. The molecular formula is C93H104Br2Cl4N8O21. The van der Waals surface area contributed by atoms with Crippen molar-refractivity contribution < 1.29 is 76.3 Å². The van der Waals surface area contributed by atoms with Gasteiger partial charge in [-0.05, 0) is 182 Å². The SMILES string of the molecule is COC(=O)C(=O)N(C)c1c([N+](=O)[O-])cc(-c2ccc(C)cc2)c(C(OC(C)(C)C)C(=O)OC)c1Cl.COC(=O)C(OC(C)(C)C)c1c(-c2ccc(C)cc2)c(Br)c2[nH]c(=O)c(=O)n(C)c2c1Cl.COC(=O)C(OC(C)(C)C)c1c(-c2ccc(C)cc2)cc2[nH]c(=O)c(=O)n(C)c2c1Cl.COC(=O)C(OC(C)(C)C)c1c(Cl)c2c(c(Br)c1-c1ccc(C)cc1)NCCN2C. The van der Waals surface area contributed by atoms with E-state index in [-0.39, 0.29) is 31.7 Å². The van der Waals surface area contributed by atoms with E-state index in [9.17, 15) is 58.1 Å². The lowest BCUT2D eigenvalue weighted by Crippen LogP contribution is -2.35. The van der Waals surface area contributed by atoms with Gasteiger partial charge in [-0.3, -0.25) is 39.0 Å². The molecule has 11 rings (SSSR count). The Bertz CT molecular complexity index is 6190. The van der Waals surface area contributed by atoms with E-state index in [1.54, 1.807) is 51.1 Å². The maximum Gasteiger partial charge on any atom is 0.397 e. The summed E-state index contributed by atoms with van der Waals surface area (Å²) in [5.41, 5.74) is 6.80. The number of benzene rings is 8. The second kappa shape index (κ2) is 41.9. The Morgan fingerprint density at radius 3 is 1.18 bits per heavy atom. The van der Waals surface area contributed by atoms with Crippen LogP contribution in [-0.2, 0) is 85.5 Å². The van der Waals surface area contributed by atoms with Gasteiger partial charge in [0, 0.05) is 80.7 Å². The highest BCUT2D eigenvalue weighted by Crippen LogP contribution is 2.54. The fourth-order valence-electron chi connectivity index (χ4n) is 13.8. The summed E-state index contributed by atoms with van der Waals surface area (Å²) in [4.78, 5) is 144. The first-order valence-corrected chi connectivity index (χ1v) is 43.0. The van der Waals surface area contributed by atoms with Crippen molar-refractivity contribution in [3.05, 3.63) is 234 Å². The average Bonchev–Trinajstić information content (AvgIpc) is 0.733. The number of carbonyl (C=O) groups is 6. The number of likely N-dealkylation sites (N-methyl/N-ethyl adjacent to an activating group) is 2. The van der Waals surface area contributed by atoms with Gasteiger partial charge in [-0.2, -0.15) is 0 Å². The molecule has 4 unspecified atom stereocenters. The van der Waals surface area contributed by atoms with Crippen molar-refractivity contribution in [3.63, 3.8) is 0 Å². The molecule has 0 fully saturated rings. The summed E-state index contributed by atoms with van der Waals surface area (Å²) in [5, 5.41) is 15.9. The van der Waals surface area contributed by atoms with Crippen molar-refractivity contribution in [1.82, 2.24) is 19.1 Å². The maximum absolute atomic E-state index is 12.9. The number of aromatic nitrogens is 4. The smallest absolute Gasteiger partial charge is 0.397 e. The first kappa shape index (κ1) is 103. The molecule has 29 nitrogen and oxygen atoms in total. The van der Waals surface area contributed by atoms with Gasteiger partial charge in [0.15, 0.2) is 24.4 Å². The van der Waals surface area contributed by atoms with Crippen LogP contribution in [0.3, 0.4) is 0 Å². The highest BCUT2D eigenvalue weighted by molar-refractivity contribution is 9.11. The van der Waals surface area contributed by atoms with E-state index in [4.69, 9.17) is 84.3 Å². The summed E-state index contributed by atoms with van der Waals surface area (Å²) in [6, 6.07) is 33.3. The first-order chi connectivity index (χ1) is 59.6. The summed E-state index contributed by atoms with van der Waals surface area (Å²) in [7, 11) is 12.1. The lowest BCUT2D eigenvalue weighted by Gasteiger charge is -2.35. The van der Waals surface area contributed by atoms with Crippen LogP contribution in [0.4, 0.5) is 22.7 Å². The molecule has 4 atom stereocenters. The van der Waals surface area contributed by atoms with E-state index in [2.05, 4.69) is 56.8 Å². The molecule has 35 heteroatoms. The van der Waals surface area contributed by atoms with Crippen molar-refractivity contribution >= 4 is 159 Å². The Kier molecular flexibility index (Phi) is 33.6. The molecule has 1 aliphatic rings. The molecule has 1 amide bonds. The highest BCUT2D eigenvalue weighted by atomic mass is 79.9. The molecule has 10 aromatic rings. The van der Waals surface area contributed by atoms with Gasteiger partial charge in [-0.25, -0.2) is 24.0 Å². The summed E-state index contributed by atoms with van der Waals surface area (Å²) in [6.07, 6.45) is -4.73. The molecule has 0 saturated heterocycles. The minimum Gasteiger partial charge on any atom is -0.467 e. The molecule has 8 aromatic carbocycles. The van der Waals surface area contributed by atoms with Gasteiger partial charge in [-0.15, -0.1) is 0 Å². The minimum absolute atomic E-state index is 0.0439. The van der Waals surface area contributed by atoms with E-state index >= 15 is 0 Å². The Morgan fingerprint density at radius 2 is 0.805 bits per heavy atom. The molecule has 3 heterocycles. The Morgan fingerprint density at radius 1 is 0.469 bits per heavy atom. The Labute approximate surface area is 777 Å². The second-order valence-electron chi connectivity index (χ2n) is 33.9. The normalized spacial score (nSPS) is 13.0. The zero-order valence-electron chi connectivity index (χ0n) is 75.7. The lowest BCUT2D eigenvalue weighted by atomic mass is 9.92. The van der Waals surface area contributed by atoms with Crippen LogP contribution < -0.4 is 37.4 Å². The summed E-state index contributed by atoms with van der Waals surface area (Å²) < 4.78 is 52.6. The summed E-state index contributed by atoms with van der Waals surface area (Å²) in [5.74, 6) is -5.01. The van der Waals surface area contributed by atoms with Gasteiger partial charge in [0.1, 0.15) is 5.69 Å². The number of hydrogen-bond acceptors (Lipinski definition) is 23. The number of methoxy groups -OCH3 is 5. The third-order valence-electron chi connectivity index (χ3n) is 19.8. The van der Waals surface area contributed by atoms with Gasteiger partial charge in [0.2, 0.25) is 0 Å². The molecule has 0 bridgehead atoms. The predicted molar refractivity (Wildman–Crippen MR) is 505 cm³/mol. The number of esters is 5. The van der Waals surface area contributed by atoms with Gasteiger partial charge in [-0.1, -0.05) is 166 Å². The van der Waals surface area contributed by atoms with Gasteiger partial charge >= 0.3 is 58.0 Å². The fraction of sp³-hybridized carbons (Fsp3) is 0.376. The topological polar surface area (TPSA) is 357 Å². The second-order valence-corrected chi connectivity index (χ2v) is 37.0. The van der Waals surface area contributed by atoms with Crippen molar-refractivity contribution in [1.29, 1.82) is 0 Å². The Balaban J connectivity index is 0.000000211. The monoisotopic (exact) mass is 1970 g/mol. The number of carbonyl (C=O) groups excluding carboxylic acids is 6. The molecule has 0 aliphatic carbocycles. The van der Waals surface area contributed by atoms with Crippen LogP contribution in [-0.4, -0.2) is 145 Å². The lowest BCUT2D eigenvalue weighted by molar-refractivity contribution is -0.384. The standard InChI is InChI=1S/C24H27ClN2O8.C23H24BrClN2O5.C23H28BrClN2O3.C23H25ClN2O5/c1-13-8-10-14(11-9-13)15-12-16(27(31)32)19(26(5)21(28)23(30)34-7)18(25)17(15)20(22(29)33-6)35-24(2,3)4;1-11-7-9-12(10-8-11)13-14(19(22(30)31-6)32-23(2,3)4)16(25)18-17(15(13)24)26-20(28)21(29)27(18)5;1-13-7-9-14(10-8-13)15-16(21(22(28)29-6)30-23(2,3)4)18(25)20-19(17(15)24)26-11-12-27(20)5;1-12-7-9-13(10-8-12)14-11-15-18(26(5)21(28)20(27)25-15)17(24)16(14)19(22(29)30-6)31-23(2,3)4/h8-12,20H,1-7H3;7-10,19H,1-6H3,(H,26,28);7-10,21,26H,11-12H2,1-6H3;7-11,19H,1-6H3,(H,25,27). The number of aryl methyl sites for hydroxylation is 6. The Hall–Kier alpha value is -10.6. The molecular weight excluding hydrogens is 1870 g/mol. The van der Waals surface area contributed by atoms with Crippen LogP contribution in [0.25, 0.3) is 66.6 Å². The number of hydrogen-bond donors (Lipinski definition) is 3. The number of fused-ring (bicyclic) bond motifs is 3. The molecule has 128 heavy (non-hydrogen) atoms. The number of nitrogens with one attached hydrogen (secondary N) is 3. The number of halogens is 6. The van der Waals surface area contributed by atoms with Crippen LogP contribution in [0, 0.1) is 37.8 Å². The molecule has 684 valence electrons. The van der Waals surface area contributed by atoms with Crippen LogP contribution in [0.2, 0.25) is 20.1 Å². The zero-order chi connectivity index (χ0) is 95.9. The fourth-order valence-corrected chi connectivity index (χ4v) is 17.0. The number of ether oxygens (including phenoxy) is 9. The maximum atomic E-state index is 12.9. The number of H-pyrrole nitrogens is 2. The van der Waals surface area contributed by atoms with E-state index in [1.807, 2.05) is 170 Å². The quantitative estimate of drug-likeness (QED) is 0.0236. The largest absolute Gasteiger partial charge is 0.467 e. The van der Waals surface area contributed by atoms with Gasteiger partial charge in [0.25, 0.3) is 5.69 Å². The van der Waals surface area contributed by atoms with Crippen molar-refractivity contribution in [2.75, 3.05) is 77.9 Å².